The van der Waals surface area contributed by atoms with Crippen molar-refractivity contribution in [1.29, 1.82) is 0 Å². The molecule has 0 atom stereocenters. The molecule has 0 aliphatic rings. The van der Waals surface area contributed by atoms with Crippen molar-refractivity contribution in [2.75, 3.05) is 17.7 Å². The Morgan fingerprint density at radius 1 is 1.06 bits per heavy atom. The number of fused-ring (bicyclic) bond motifs is 2. The fraction of sp³-hybridized carbons (Fsp3) is 0.346. The third kappa shape index (κ3) is 4.65. The van der Waals surface area contributed by atoms with Crippen LogP contribution in [0, 0.1) is 5.41 Å². The summed E-state index contributed by atoms with van der Waals surface area (Å²) in [4.78, 5) is 24.7. The van der Waals surface area contributed by atoms with Crippen molar-refractivity contribution < 1.29 is 9.21 Å². The van der Waals surface area contributed by atoms with Crippen LogP contribution in [0.3, 0.4) is 0 Å². The van der Waals surface area contributed by atoms with Crippen LogP contribution in [0.2, 0.25) is 0 Å². The van der Waals surface area contributed by atoms with Crippen LogP contribution in [0.1, 0.15) is 45.0 Å². The molecular weight excluding hydrogens is 418 g/mol. The van der Waals surface area contributed by atoms with Crippen molar-refractivity contribution >= 4 is 44.7 Å². The largest absolute Gasteiger partial charge is 0.454 e. The summed E-state index contributed by atoms with van der Waals surface area (Å²) in [6, 6.07) is 15.7. The Labute approximate surface area is 193 Å². The fourth-order valence-electron chi connectivity index (χ4n) is 3.29. The highest BCUT2D eigenvalue weighted by molar-refractivity contribution is 8.14. The predicted molar refractivity (Wildman–Crippen MR) is 135 cm³/mol. The van der Waals surface area contributed by atoms with Crippen LogP contribution in [-0.2, 0) is 0 Å². The molecule has 166 valence electrons. The van der Waals surface area contributed by atoms with Crippen LogP contribution >= 0.6 is 11.8 Å². The number of hydrogen-bond acceptors (Lipinski definition) is 6. The van der Waals surface area contributed by atoms with Crippen LogP contribution in [-0.4, -0.2) is 33.9 Å². The van der Waals surface area contributed by atoms with Crippen molar-refractivity contribution in [3.63, 3.8) is 0 Å². The van der Waals surface area contributed by atoms with Gasteiger partial charge in [-0.3, -0.25) is 4.79 Å². The first kappa shape index (κ1) is 22.3. The van der Waals surface area contributed by atoms with E-state index in [0.29, 0.717) is 22.5 Å². The van der Waals surface area contributed by atoms with E-state index in [2.05, 4.69) is 39.5 Å². The van der Waals surface area contributed by atoms with Crippen molar-refractivity contribution in [3.05, 3.63) is 54.1 Å². The lowest BCUT2D eigenvalue weighted by atomic mass is 10.0. The molecule has 0 N–H and O–H groups in total. The van der Waals surface area contributed by atoms with Crippen molar-refractivity contribution in [3.8, 4) is 11.5 Å². The number of para-hydroxylation sites is 1. The minimum Gasteiger partial charge on any atom is -0.454 e. The summed E-state index contributed by atoms with van der Waals surface area (Å²) < 4.78 is 6.11. The van der Waals surface area contributed by atoms with Crippen molar-refractivity contribution in [1.82, 2.24) is 9.97 Å². The van der Waals surface area contributed by atoms with E-state index in [0.717, 1.165) is 28.1 Å². The van der Waals surface area contributed by atoms with E-state index in [-0.39, 0.29) is 16.6 Å². The van der Waals surface area contributed by atoms with Gasteiger partial charge < -0.3 is 9.32 Å². The molecule has 0 saturated carbocycles. The highest BCUT2D eigenvalue weighted by atomic mass is 32.2. The standard InChI is InChI=1S/C26H29N3O2S/c1-16(2)29(6)24-23(22-14-17-9-7-8-10-21(17)31-22)27-19-12-11-18(13-20(19)28-24)25(30)32-15-26(3,4)5/h7-14,16H,15H2,1-6H3. The smallest absolute Gasteiger partial charge is 0.219 e. The molecule has 0 unspecified atom stereocenters. The first-order chi connectivity index (χ1) is 15.1. The van der Waals surface area contributed by atoms with Gasteiger partial charge in [0.2, 0.25) is 5.12 Å². The molecule has 2 aromatic heterocycles. The molecule has 2 aromatic carbocycles. The number of carbonyl (C=O) groups excluding carboxylic acids is 1. The average Bonchev–Trinajstić information content (AvgIpc) is 3.19. The zero-order valence-electron chi connectivity index (χ0n) is 19.5. The molecule has 0 bridgehead atoms. The monoisotopic (exact) mass is 447 g/mol. The number of carbonyl (C=O) groups is 1. The number of anilines is 1. The number of benzene rings is 2. The van der Waals surface area contributed by atoms with E-state index in [1.807, 2.05) is 55.6 Å². The first-order valence-electron chi connectivity index (χ1n) is 10.8. The van der Waals surface area contributed by atoms with Gasteiger partial charge in [-0.25, -0.2) is 9.97 Å². The number of nitrogens with zero attached hydrogens (tertiary/aromatic N) is 3. The summed E-state index contributed by atoms with van der Waals surface area (Å²) in [5.74, 6) is 2.18. The molecule has 0 aliphatic carbocycles. The second-order valence-electron chi connectivity index (χ2n) is 9.59. The lowest BCUT2D eigenvalue weighted by Crippen LogP contribution is -2.27. The Bertz CT molecular complexity index is 1250. The van der Waals surface area contributed by atoms with E-state index < -0.39 is 0 Å². The highest BCUT2D eigenvalue weighted by Crippen LogP contribution is 2.34. The third-order valence-corrected chi connectivity index (χ3v) is 6.79. The molecule has 0 radical (unpaired) electrons. The van der Waals surface area contributed by atoms with Gasteiger partial charge in [-0.1, -0.05) is 50.7 Å². The second kappa shape index (κ2) is 8.58. The molecule has 4 rings (SSSR count). The number of aromatic nitrogens is 2. The van der Waals surface area contributed by atoms with Gasteiger partial charge in [0.1, 0.15) is 11.3 Å². The first-order valence-corrected chi connectivity index (χ1v) is 11.8. The predicted octanol–water partition coefficient (Wildman–Crippen LogP) is 6.81. The summed E-state index contributed by atoms with van der Waals surface area (Å²) in [6.45, 7) is 10.6. The molecule has 5 nitrogen and oxygen atoms in total. The Balaban J connectivity index is 1.80. The van der Waals surface area contributed by atoms with E-state index in [1.54, 1.807) is 0 Å². The van der Waals surface area contributed by atoms with Crippen molar-refractivity contribution in [2.24, 2.45) is 5.41 Å². The fourth-order valence-corrected chi connectivity index (χ4v) is 4.15. The van der Waals surface area contributed by atoms with E-state index in [4.69, 9.17) is 14.4 Å². The number of rotatable bonds is 5. The van der Waals surface area contributed by atoms with Crippen LogP contribution in [0.25, 0.3) is 33.5 Å². The topological polar surface area (TPSA) is 59.2 Å². The molecule has 0 amide bonds. The summed E-state index contributed by atoms with van der Waals surface area (Å²) in [5.41, 5.74) is 3.69. The maximum atomic E-state index is 12.7. The van der Waals surface area contributed by atoms with E-state index in [9.17, 15) is 4.79 Å². The van der Waals surface area contributed by atoms with Crippen LogP contribution < -0.4 is 4.90 Å². The Morgan fingerprint density at radius 2 is 1.81 bits per heavy atom. The SMILES string of the molecule is CC(C)N(C)c1nc2cc(C(=O)SCC(C)(C)C)ccc2nc1-c1cc2ccccc2o1. The molecule has 0 aliphatic heterocycles. The van der Waals surface area contributed by atoms with Gasteiger partial charge in [0.25, 0.3) is 0 Å². The minimum atomic E-state index is 0.0590. The van der Waals surface area contributed by atoms with Crippen molar-refractivity contribution in [2.45, 2.75) is 40.7 Å². The second-order valence-corrected chi connectivity index (χ2v) is 10.5. The van der Waals surface area contributed by atoms with Gasteiger partial charge in [0.15, 0.2) is 11.6 Å². The van der Waals surface area contributed by atoms with E-state index >= 15 is 0 Å². The molecule has 6 heteroatoms. The quantitative estimate of drug-likeness (QED) is 0.335. The molecule has 0 saturated heterocycles. The average molecular weight is 448 g/mol. The summed E-state index contributed by atoms with van der Waals surface area (Å²) in [6.07, 6.45) is 0. The molecule has 2 heterocycles. The Hall–Kier alpha value is -2.86. The molecule has 0 spiro atoms. The van der Waals surface area contributed by atoms with Gasteiger partial charge >= 0.3 is 0 Å². The zero-order chi connectivity index (χ0) is 23.0. The summed E-state index contributed by atoms with van der Waals surface area (Å²) in [7, 11) is 2.00. The van der Waals surface area contributed by atoms with Gasteiger partial charge in [-0.15, -0.1) is 0 Å². The zero-order valence-corrected chi connectivity index (χ0v) is 20.3. The number of thioether (sulfide) groups is 1. The van der Waals surface area contributed by atoms with Crippen LogP contribution in [0.4, 0.5) is 5.82 Å². The highest BCUT2D eigenvalue weighted by Gasteiger charge is 2.21. The van der Waals surface area contributed by atoms with Gasteiger partial charge in [0.05, 0.1) is 11.0 Å². The maximum absolute atomic E-state index is 12.7. The van der Waals surface area contributed by atoms with Gasteiger partial charge in [0, 0.05) is 29.8 Å². The normalized spacial score (nSPS) is 12.1. The van der Waals surface area contributed by atoms with Crippen LogP contribution in [0.15, 0.2) is 52.9 Å². The van der Waals surface area contributed by atoms with Crippen LogP contribution in [0.5, 0.6) is 0 Å². The van der Waals surface area contributed by atoms with Gasteiger partial charge in [-0.05, 0) is 49.6 Å². The number of hydrogen-bond donors (Lipinski definition) is 0. The van der Waals surface area contributed by atoms with E-state index in [1.165, 1.54) is 11.8 Å². The Morgan fingerprint density at radius 3 is 2.50 bits per heavy atom. The molecule has 32 heavy (non-hydrogen) atoms. The summed E-state index contributed by atoms with van der Waals surface area (Å²) >= 11 is 1.35. The molecule has 0 fully saturated rings. The lowest BCUT2D eigenvalue weighted by molar-refractivity contribution is 0.108. The Kier molecular flexibility index (Phi) is 5.99. The minimum absolute atomic E-state index is 0.0590. The lowest BCUT2D eigenvalue weighted by Gasteiger charge is -2.24. The number of furan rings is 1. The third-order valence-electron chi connectivity index (χ3n) is 5.29. The summed E-state index contributed by atoms with van der Waals surface area (Å²) in [5, 5.41) is 1.09. The molecular formula is C26H29N3O2S. The maximum Gasteiger partial charge on any atom is 0.219 e. The molecule has 4 aromatic rings. The van der Waals surface area contributed by atoms with Gasteiger partial charge in [-0.2, -0.15) is 0 Å².